The average Bonchev–Trinajstić information content (AvgIpc) is 2.38. The Labute approximate surface area is 109 Å². The lowest BCUT2D eigenvalue weighted by Crippen LogP contribution is -2.52. The van der Waals surface area contributed by atoms with Crippen LogP contribution in [0.15, 0.2) is 0 Å². The Morgan fingerprint density at radius 2 is 1.94 bits per heavy atom. The summed E-state index contributed by atoms with van der Waals surface area (Å²) < 4.78 is 0. The number of amides is 2. The van der Waals surface area contributed by atoms with Crippen LogP contribution in [0, 0.1) is 0 Å². The summed E-state index contributed by atoms with van der Waals surface area (Å²) >= 11 is 0. The van der Waals surface area contributed by atoms with Crippen LogP contribution in [-0.2, 0) is 9.59 Å². The largest absolute Gasteiger partial charge is 0.354 e. The number of nitrogens with one attached hydrogen (secondary N) is 2. The molecule has 2 N–H and O–H groups in total. The van der Waals surface area contributed by atoms with Gasteiger partial charge in [-0.05, 0) is 6.92 Å². The summed E-state index contributed by atoms with van der Waals surface area (Å²) in [7, 11) is 3.43. The molecule has 6 heteroatoms. The molecule has 1 unspecified atom stereocenters. The fraction of sp³-hybridized carbons (Fsp3) is 0.833. The van der Waals surface area contributed by atoms with Gasteiger partial charge >= 0.3 is 0 Å². The van der Waals surface area contributed by atoms with Crippen molar-refractivity contribution < 1.29 is 9.59 Å². The molecule has 1 fully saturated rings. The van der Waals surface area contributed by atoms with Gasteiger partial charge in [-0.2, -0.15) is 0 Å². The molecule has 0 aliphatic carbocycles. The van der Waals surface area contributed by atoms with E-state index < -0.39 is 0 Å². The van der Waals surface area contributed by atoms with E-state index >= 15 is 0 Å². The van der Waals surface area contributed by atoms with Crippen LogP contribution >= 0.6 is 0 Å². The third-order valence-corrected chi connectivity index (χ3v) is 3.22. The van der Waals surface area contributed by atoms with E-state index in [1.54, 1.807) is 14.1 Å². The van der Waals surface area contributed by atoms with Gasteiger partial charge in [0.05, 0.1) is 6.04 Å². The molecule has 1 saturated heterocycles. The Hall–Kier alpha value is -1.14. The highest BCUT2D eigenvalue weighted by atomic mass is 16.2. The van der Waals surface area contributed by atoms with Gasteiger partial charge in [0.2, 0.25) is 11.8 Å². The van der Waals surface area contributed by atoms with Gasteiger partial charge in [-0.15, -0.1) is 0 Å². The topological polar surface area (TPSA) is 64.7 Å². The normalized spacial score (nSPS) is 18.2. The zero-order chi connectivity index (χ0) is 13.5. The van der Waals surface area contributed by atoms with E-state index in [2.05, 4.69) is 15.5 Å². The molecule has 0 aromatic rings. The Morgan fingerprint density at radius 3 is 2.50 bits per heavy atom. The minimum atomic E-state index is -0.124. The molecule has 0 aromatic heterocycles. The molecule has 104 valence electrons. The van der Waals surface area contributed by atoms with Crippen molar-refractivity contribution in [2.75, 3.05) is 46.8 Å². The van der Waals surface area contributed by atoms with Crippen LogP contribution in [0.5, 0.6) is 0 Å². The molecule has 1 aliphatic rings. The summed E-state index contributed by atoms with van der Waals surface area (Å²) in [5.41, 5.74) is 0. The predicted molar refractivity (Wildman–Crippen MR) is 70.2 cm³/mol. The Balaban J connectivity index is 2.25. The van der Waals surface area contributed by atoms with Crippen LogP contribution < -0.4 is 10.6 Å². The summed E-state index contributed by atoms with van der Waals surface area (Å²) in [6, 6.07) is -0.124. The molecule has 0 radical (unpaired) electrons. The molecular formula is C12H24N4O2. The monoisotopic (exact) mass is 256 g/mol. The molecule has 1 atom stereocenters. The van der Waals surface area contributed by atoms with E-state index in [0.717, 1.165) is 26.2 Å². The van der Waals surface area contributed by atoms with Crippen LogP contribution in [-0.4, -0.2) is 74.5 Å². The zero-order valence-electron chi connectivity index (χ0n) is 11.5. The summed E-state index contributed by atoms with van der Waals surface area (Å²) in [6.45, 7) is 5.96. The van der Waals surface area contributed by atoms with Crippen molar-refractivity contribution in [1.82, 2.24) is 20.4 Å². The highest BCUT2D eigenvalue weighted by molar-refractivity contribution is 5.82. The predicted octanol–water partition coefficient (Wildman–Crippen LogP) is -1.13. The van der Waals surface area contributed by atoms with Crippen molar-refractivity contribution in [2.45, 2.75) is 19.4 Å². The molecule has 0 saturated carbocycles. The summed E-state index contributed by atoms with van der Waals surface area (Å²) in [5.74, 6) is 0.0357. The van der Waals surface area contributed by atoms with E-state index in [-0.39, 0.29) is 17.9 Å². The number of carbonyl (C=O) groups is 2. The van der Waals surface area contributed by atoms with Crippen molar-refractivity contribution in [2.24, 2.45) is 0 Å². The first-order chi connectivity index (χ1) is 8.52. The number of carbonyl (C=O) groups excluding carboxylic acids is 2. The standard InChI is InChI=1S/C12H24N4O2/c1-10(16-8-6-13-7-9-16)12(18)14-5-4-11(17)15(2)3/h10,13H,4-9H2,1-3H3,(H,14,18). The molecule has 0 bridgehead atoms. The lowest BCUT2D eigenvalue weighted by atomic mass is 10.2. The van der Waals surface area contributed by atoms with Crippen molar-refractivity contribution >= 4 is 11.8 Å². The van der Waals surface area contributed by atoms with E-state index in [1.807, 2.05) is 6.92 Å². The molecule has 0 spiro atoms. The summed E-state index contributed by atoms with van der Waals surface area (Å²) in [4.78, 5) is 26.9. The maximum absolute atomic E-state index is 11.9. The number of nitrogens with zero attached hydrogens (tertiary/aromatic N) is 2. The number of hydrogen-bond acceptors (Lipinski definition) is 4. The third kappa shape index (κ3) is 4.62. The number of piperazine rings is 1. The van der Waals surface area contributed by atoms with E-state index in [9.17, 15) is 9.59 Å². The first-order valence-corrected chi connectivity index (χ1v) is 6.45. The smallest absolute Gasteiger partial charge is 0.237 e. The van der Waals surface area contributed by atoms with Gasteiger partial charge in [0.15, 0.2) is 0 Å². The van der Waals surface area contributed by atoms with Crippen molar-refractivity contribution in [3.63, 3.8) is 0 Å². The highest BCUT2D eigenvalue weighted by Crippen LogP contribution is 2.01. The summed E-state index contributed by atoms with van der Waals surface area (Å²) in [6.07, 6.45) is 0.354. The first-order valence-electron chi connectivity index (χ1n) is 6.45. The van der Waals surface area contributed by atoms with E-state index in [1.165, 1.54) is 4.90 Å². The van der Waals surface area contributed by atoms with Crippen LogP contribution in [0.3, 0.4) is 0 Å². The fourth-order valence-corrected chi connectivity index (χ4v) is 1.90. The van der Waals surface area contributed by atoms with Gasteiger partial charge in [-0.3, -0.25) is 14.5 Å². The van der Waals surface area contributed by atoms with Crippen LogP contribution in [0.1, 0.15) is 13.3 Å². The second-order valence-corrected chi connectivity index (χ2v) is 4.79. The lowest BCUT2D eigenvalue weighted by molar-refractivity contribution is -0.129. The molecule has 2 amide bonds. The van der Waals surface area contributed by atoms with Gasteiger partial charge in [-0.25, -0.2) is 0 Å². The molecule has 18 heavy (non-hydrogen) atoms. The zero-order valence-corrected chi connectivity index (χ0v) is 11.5. The van der Waals surface area contributed by atoms with Crippen molar-refractivity contribution in [1.29, 1.82) is 0 Å². The van der Waals surface area contributed by atoms with Crippen LogP contribution in [0.2, 0.25) is 0 Å². The minimum absolute atomic E-state index is 0.00320. The Kier molecular flexibility index (Phi) is 6.07. The lowest BCUT2D eigenvalue weighted by Gasteiger charge is -2.31. The number of rotatable bonds is 5. The minimum Gasteiger partial charge on any atom is -0.354 e. The second kappa shape index (κ2) is 7.33. The molecule has 6 nitrogen and oxygen atoms in total. The van der Waals surface area contributed by atoms with Gasteiger partial charge in [0.25, 0.3) is 0 Å². The first kappa shape index (κ1) is 14.9. The fourth-order valence-electron chi connectivity index (χ4n) is 1.90. The van der Waals surface area contributed by atoms with E-state index in [4.69, 9.17) is 0 Å². The molecular weight excluding hydrogens is 232 g/mol. The maximum Gasteiger partial charge on any atom is 0.237 e. The number of hydrogen-bond donors (Lipinski definition) is 2. The Morgan fingerprint density at radius 1 is 1.33 bits per heavy atom. The molecule has 1 rings (SSSR count). The summed E-state index contributed by atoms with van der Waals surface area (Å²) in [5, 5.41) is 6.07. The molecule has 1 aliphatic heterocycles. The highest BCUT2D eigenvalue weighted by Gasteiger charge is 2.22. The third-order valence-electron chi connectivity index (χ3n) is 3.22. The van der Waals surface area contributed by atoms with Crippen molar-refractivity contribution in [3.8, 4) is 0 Å². The quantitative estimate of drug-likeness (QED) is 0.654. The van der Waals surface area contributed by atoms with E-state index in [0.29, 0.717) is 13.0 Å². The second-order valence-electron chi connectivity index (χ2n) is 4.79. The maximum atomic E-state index is 11.9. The van der Waals surface area contributed by atoms with Crippen LogP contribution in [0.4, 0.5) is 0 Å². The van der Waals surface area contributed by atoms with Gasteiger partial charge in [0, 0.05) is 53.2 Å². The SMILES string of the molecule is CC(C(=O)NCCC(=O)N(C)C)N1CCNCC1. The Bertz CT molecular complexity index is 288. The van der Waals surface area contributed by atoms with Crippen molar-refractivity contribution in [3.05, 3.63) is 0 Å². The molecule has 1 heterocycles. The van der Waals surface area contributed by atoms with Gasteiger partial charge in [0.1, 0.15) is 0 Å². The average molecular weight is 256 g/mol. The van der Waals surface area contributed by atoms with Gasteiger partial charge in [-0.1, -0.05) is 0 Å². The molecule has 0 aromatic carbocycles. The van der Waals surface area contributed by atoms with Crippen LogP contribution in [0.25, 0.3) is 0 Å². The van der Waals surface area contributed by atoms with Gasteiger partial charge < -0.3 is 15.5 Å².